The SMILES string of the molecule is CC(C)(C)NC(=O)c1sccc1OCC(=O)c1cccnc1. The van der Waals surface area contributed by atoms with E-state index in [0.717, 1.165) is 0 Å². The lowest BCUT2D eigenvalue weighted by molar-refractivity contribution is 0.0893. The fraction of sp³-hybridized carbons (Fsp3) is 0.312. The molecular weight excluding hydrogens is 300 g/mol. The first-order valence-electron chi connectivity index (χ1n) is 6.83. The lowest BCUT2D eigenvalue weighted by atomic mass is 10.1. The van der Waals surface area contributed by atoms with Crippen LogP contribution in [0.3, 0.4) is 0 Å². The highest BCUT2D eigenvalue weighted by Crippen LogP contribution is 2.25. The maximum Gasteiger partial charge on any atom is 0.265 e. The van der Waals surface area contributed by atoms with Crippen LogP contribution in [-0.2, 0) is 0 Å². The van der Waals surface area contributed by atoms with Crippen LogP contribution in [-0.4, -0.2) is 28.8 Å². The maximum absolute atomic E-state index is 12.2. The summed E-state index contributed by atoms with van der Waals surface area (Å²) >= 11 is 1.29. The summed E-state index contributed by atoms with van der Waals surface area (Å²) in [5.74, 6) is 0.0387. The number of hydrogen-bond acceptors (Lipinski definition) is 5. The standard InChI is InChI=1S/C16H18N2O3S/c1-16(2,3)18-15(20)14-13(6-8-22-14)21-10-12(19)11-5-4-7-17-9-11/h4-9H,10H2,1-3H3,(H,18,20). The van der Waals surface area contributed by atoms with E-state index < -0.39 is 0 Å². The van der Waals surface area contributed by atoms with E-state index in [9.17, 15) is 9.59 Å². The number of amides is 1. The Bertz CT molecular complexity index is 660. The number of rotatable bonds is 5. The van der Waals surface area contributed by atoms with Crippen molar-refractivity contribution in [2.24, 2.45) is 0 Å². The van der Waals surface area contributed by atoms with Gasteiger partial charge in [0.15, 0.2) is 6.61 Å². The molecule has 1 N–H and O–H groups in total. The molecule has 0 saturated carbocycles. The number of Topliss-reactive ketones (excluding diaryl/α,β-unsaturated/α-hetero) is 1. The molecule has 0 saturated heterocycles. The molecule has 22 heavy (non-hydrogen) atoms. The van der Waals surface area contributed by atoms with E-state index in [1.807, 2.05) is 20.8 Å². The molecule has 116 valence electrons. The number of aromatic nitrogens is 1. The first-order chi connectivity index (χ1) is 10.4. The summed E-state index contributed by atoms with van der Waals surface area (Å²) in [6.07, 6.45) is 3.10. The van der Waals surface area contributed by atoms with Gasteiger partial charge in [-0.1, -0.05) is 0 Å². The number of carbonyl (C=O) groups is 2. The van der Waals surface area contributed by atoms with Crippen molar-refractivity contribution >= 4 is 23.0 Å². The Morgan fingerprint density at radius 2 is 2.09 bits per heavy atom. The fourth-order valence-corrected chi connectivity index (χ4v) is 2.46. The number of pyridine rings is 1. The molecule has 0 atom stereocenters. The molecule has 0 aliphatic heterocycles. The largest absolute Gasteiger partial charge is 0.484 e. The van der Waals surface area contributed by atoms with Crippen LogP contribution in [0.25, 0.3) is 0 Å². The molecule has 0 aromatic carbocycles. The van der Waals surface area contributed by atoms with Gasteiger partial charge in [-0.25, -0.2) is 0 Å². The molecule has 2 heterocycles. The van der Waals surface area contributed by atoms with Gasteiger partial charge in [-0.3, -0.25) is 14.6 Å². The third kappa shape index (κ3) is 4.39. The number of thiophene rings is 1. The lowest BCUT2D eigenvalue weighted by Crippen LogP contribution is -2.40. The second kappa shape index (κ2) is 6.70. The fourth-order valence-electron chi connectivity index (χ4n) is 1.73. The molecule has 2 aromatic heterocycles. The third-order valence-corrected chi connectivity index (χ3v) is 3.56. The Hall–Kier alpha value is -2.21. The van der Waals surface area contributed by atoms with E-state index in [4.69, 9.17) is 4.74 Å². The van der Waals surface area contributed by atoms with Crippen molar-refractivity contribution in [1.82, 2.24) is 10.3 Å². The number of nitrogens with one attached hydrogen (secondary N) is 1. The Kier molecular flexibility index (Phi) is 4.92. The van der Waals surface area contributed by atoms with Gasteiger partial charge in [0.25, 0.3) is 5.91 Å². The molecule has 0 radical (unpaired) electrons. The quantitative estimate of drug-likeness (QED) is 0.861. The van der Waals surface area contributed by atoms with Crippen LogP contribution in [0, 0.1) is 0 Å². The van der Waals surface area contributed by atoms with E-state index in [-0.39, 0.29) is 23.8 Å². The summed E-state index contributed by atoms with van der Waals surface area (Å²) in [4.78, 5) is 28.5. The second-order valence-corrected chi connectivity index (χ2v) is 6.69. The van der Waals surface area contributed by atoms with Crippen molar-refractivity contribution in [1.29, 1.82) is 0 Å². The highest BCUT2D eigenvalue weighted by molar-refractivity contribution is 7.12. The van der Waals surface area contributed by atoms with Gasteiger partial charge >= 0.3 is 0 Å². The molecule has 0 fully saturated rings. The molecule has 1 amide bonds. The van der Waals surface area contributed by atoms with E-state index in [2.05, 4.69) is 10.3 Å². The highest BCUT2D eigenvalue weighted by atomic mass is 32.1. The van der Waals surface area contributed by atoms with E-state index in [1.165, 1.54) is 17.5 Å². The molecule has 2 rings (SSSR count). The van der Waals surface area contributed by atoms with Gasteiger partial charge < -0.3 is 10.1 Å². The summed E-state index contributed by atoms with van der Waals surface area (Å²) in [6, 6.07) is 5.07. The molecule has 0 spiro atoms. The monoisotopic (exact) mass is 318 g/mol. The van der Waals surface area contributed by atoms with E-state index in [0.29, 0.717) is 16.2 Å². The zero-order valence-corrected chi connectivity index (χ0v) is 13.6. The van der Waals surface area contributed by atoms with Crippen LogP contribution >= 0.6 is 11.3 Å². The van der Waals surface area contributed by atoms with Crippen LogP contribution in [0.1, 0.15) is 40.8 Å². The molecule has 0 aliphatic carbocycles. The van der Waals surface area contributed by atoms with Gasteiger partial charge in [-0.15, -0.1) is 11.3 Å². The average Bonchev–Trinajstić information content (AvgIpc) is 2.92. The first kappa shape index (κ1) is 16.2. The number of carbonyl (C=O) groups excluding carboxylic acids is 2. The summed E-state index contributed by atoms with van der Waals surface area (Å²) in [7, 11) is 0. The molecule has 2 aromatic rings. The van der Waals surface area contributed by atoms with Crippen LogP contribution in [0.15, 0.2) is 36.0 Å². The lowest BCUT2D eigenvalue weighted by Gasteiger charge is -2.20. The van der Waals surface area contributed by atoms with Crippen LogP contribution in [0.5, 0.6) is 5.75 Å². The van der Waals surface area contributed by atoms with Gasteiger partial charge in [-0.2, -0.15) is 0 Å². The normalized spacial score (nSPS) is 11.0. The van der Waals surface area contributed by atoms with Crippen molar-refractivity contribution in [3.63, 3.8) is 0 Å². The second-order valence-electron chi connectivity index (χ2n) is 5.77. The minimum atomic E-state index is -0.329. The van der Waals surface area contributed by atoms with Gasteiger partial charge in [0.05, 0.1) is 0 Å². The predicted molar refractivity (Wildman–Crippen MR) is 85.6 cm³/mol. The summed E-state index contributed by atoms with van der Waals surface area (Å²) in [5, 5.41) is 4.64. The van der Waals surface area contributed by atoms with Gasteiger partial charge in [0.1, 0.15) is 10.6 Å². The summed E-state index contributed by atoms with van der Waals surface area (Å²) in [5.41, 5.74) is 0.155. The highest BCUT2D eigenvalue weighted by Gasteiger charge is 2.20. The third-order valence-electron chi connectivity index (χ3n) is 2.67. The summed E-state index contributed by atoms with van der Waals surface area (Å²) in [6.45, 7) is 5.60. The molecule has 0 unspecified atom stereocenters. The number of nitrogens with zero attached hydrogens (tertiary/aromatic N) is 1. The van der Waals surface area contributed by atoms with Crippen LogP contribution in [0.2, 0.25) is 0 Å². The van der Waals surface area contributed by atoms with Crippen molar-refractivity contribution in [3.05, 3.63) is 46.4 Å². The smallest absolute Gasteiger partial charge is 0.265 e. The Morgan fingerprint density at radius 1 is 1.32 bits per heavy atom. The van der Waals surface area contributed by atoms with Gasteiger partial charge in [0, 0.05) is 23.5 Å². The van der Waals surface area contributed by atoms with Gasteiger partial charge in [0.2, 0.25) is 5.78 Å². The first-order valence-corrected chi connectivity index (χ1v) is 7.71. The number of ether oxygens (including phenoxy) is 1. The zero-order chi connectivity index (χ0) is 16.2. The average molecular weight is 318 g/mol. The topological polar surface area (TPSA) is 68.3 Å². The van der Waals surface area contributed by atoms with Crippen LogP contribution in [0.4, 0.5) is 0 Å². The summed E-state index contributed by atoms with van der Waals surface area (Å²) < 4.78 is 5.50. The Labute approximate surface area is 133 Å². The van der Waals surface area contributed by atoms with Crippen molar-refractivity contribution in [3.8, 4) is 5.75 Å². The Balaban J connectivity index is 2.01. The van der Waals surface area contributed by atoms with E-state index >= 15 is 0 Å². The van der Waals surface area contributed by atoms with E-state index in [1.54, 1.807) is 29.8 Å². The molecule has 0 bridgehead atoms. The molecule has 0 aliphatic rings. The molecule has 5 nitrogen and oxygen atoms in total. The van der Waals surface area contributed by atoms with Gasteiger partial charge in [-0.05, 0) is 44.4 Å². The van der Waals surface area contributed by atoms with Crippen molar-refractivity contribution < 1.29 is 14.3 Å². The minimum absolute atomic E-state index is 0.127. The predicted octanol–water partition coefficient (Wildman–Crippen LogP) is 2.93. The Morgan fingerprint density at radius 3 is 2.73 bits per heavy atom. The zero-order valence-electron chi connectivity index (χ0n) is 12.8. The number of hydrogen-bond donors (Lipinski definition) is 1. The number of ketones is 1. The van der Waals surface area contributed by atoms with Crippen LogP contribution < -0.4 is 10.1 Å². The van der Waals surface area contributed by atoms with Crippen molar-refractivity contribution in [2.45, 2.75) is 26.3 Å². The minimum Gasteiger partial charge on any atom is -0.484 e. The molecular formula is C16H18N2O3S. The molecule has 6 heteroatoms. The maximum atomic E-state index is 12.2. The van der Waals surface area contributed by atoms with Crippen molar-refractivity contribution in [2.75, 3.05) is 6.61 Å².